The minimum absolute atomic E-state index is 0.00425. The molecule has 29 heavy (non-hydrogen) atoms. The average Bonchev–Trinajstić information content (AvgIpc) is 3.24. The van der Waals surface area contributed by atoms with Crippen LogP contribution < -0.4 is 5.32 Å². The molecular weight excluding hydrogens is 412 g/mol. The van der Waals surface area contributed by atoms with Crippen molar-refractivity contribution < 1.29 is 17.9 Å². The average molecular weight is 437 g/mol. The Kier molecular flexibility index (Phi) is 7.66. The van der Waals surface area contributed by atoms with E-state index in [2.05, 4.69) is 5.32 Å². The summed E-state index contributed by atoms with van der Waals surface area (Å²) in [6, 6.07) is 15.6. The summed E-state index contributed by atoms with van der Waals surface area (Å²) in [6.07, 6.45) is 2.40. The number of sulfonamides is 1. The first-order valence-electron chi connectivity index (χ1n) is 9.63. The van der Waals surface area contributed by atoms with Gasteiger partial charge in [0.05, 0.1) is 17.5 Å². The van der Waals surface area contributed by atoms with Crippen LogP contribution in [0.3, 0.4) is 0 Å². The monoisotopic (exact) mass is 436 g/mol. The van der Waals surface area contributed by atoms with Gasteiger partial charge < -0.3 is 10.1 Å². The number of benzene rings is 2. The fraction of sp³-hybridized carbons (Fsp3) is 0.381. The predicted octanol–water partition coefficient (Wildman–Crippen LogP) is 2.87. The van der Waals surface area contributed by atoms with E-state index in [1.807, 2.05) is 30.3 Å². The van der Waals surface area contributed by atoms with Crippen LogP contribution in [0.5, 0.6) is 0 Å². The van der Waals surface area contributed by atoms with Crippen molar-refractivity contribution in [1.29, 1.82) is 0 Å². The molecule has 6 nitrogen and oxygen atoms in total. The molecule has 0 spiro atoms. The second-order valence-electron chi connectivity index (χ2n) is 6.97. The van der Waals surface area contributed by atoms with E-state index < -0.39 is 10.0 Å². The molecule has 0 aromatic heterocycles. The molecule has 8 heteroatoms. The van der Waals surface area contributed by atoms with Crippen molar-refractivity contribution in [3.8, 4) is 0 Å². The Morgan fingerprint density at radius 3 is 2.52 bits per heavy atom. The van der Waals surface area contributed by atoms with E-state index in [9.17, 15) is 13.2 Å². The van der Waals surface area contributed by atoms with Crippen LogP contribution in [0, 0.1) is 0 Å². The Morgan fingerprint density at radius 2 is 1.86 bits per heavy atom. The number of rotatable bonds is 9. The molecule has 0 radical (unpaired) electrons. The third-order valence-corrected chi connectivity index (χ3v) is 6.93. The summed E-state index contributed by atoms with van der Waals surface area (Å²) in [6.45, 7) is 1.05. The molecule has 0 aliphatic carbocycles. The van der Waals surface area contributed by atoms with E-state index in [1.54, 1.807) is 0 Å². The number of halogens is 1. The highest BCUT2D eigenvalue weighted by molar-refractivity contribution is 7.89. The zero-order chi connectivity index (χ0) is 20.7. The Labute approximate surface area is 176 Å². The first-order valence-corrected chi connectivity index (χ1v) is 11.4. The molecule has 1 aliphatic heterocycles. The van der Waals surface area contributed by atoms with Gasteiger partial charge in [-0.25, -0.2) is 8.42 Å². The fourth-order valence-corrected chi connectivity index (χ4v) is 4.71. The first-order chi connectivity index (χ1) is 13.9. The second kappa shape index (κ2) is 10.2. The van der Waals surface area contributed by atoms with Gasteiger partial charge in [-0.05, 0) is 49.1 Å². The van der Waals surface area contributed by atoms with Crippen molar-refractivity contribution in [3.05, 3.63) is 65.2 Å². The van der Waals surface area contributed by atoms with Gasteiger partial charge in [-0.3, -0.25) is 4.79 Å². The number of carbonyl (C=O) groups is 1. The van der Waals surface area contributed by atoms with Crippen molar-refractivity contribution in [2.75, 3.05) is 26.2 Å². The normalized spacial score (nSPS) is 16.8. The number of hydrogen-bond donors (Lipinski definition) is 1. The SMILES string of the molecule is O=C(CN(CCc1ccccc1)S(=O)(=O)c1ccc(Cl)cc1)NC[C@H]1CCCO1. The van der Waals surface area contributed by atoms with E-state index in [0.29, 0.717) is 24.6 Å². The summed E-state index contributed by atoms with van der Waals surface area (Å²) in [5, 5.41) is 3.25. The van der Waals surface area contributed by atoms with Crippen LogP contribution in [0.25, 0.3) is 0 Å². The highest BCUT2D eigenvalue weighted by Gasteiger charge is 2.27. The molecule has 156 valence electrons. The second-order valence-corrected chi connectivity index (χ2v) is 9.34. The zero-order valence-corrected chi connectivity index (χ0v) is 17.7. The van der Waals surface area contributed by atoms with Crippen molar-refractivity contribution in [2.45, 2.75) is 30.3 Å². The quantitative estimate of drug-likeness (QED) is 0.655. The van der Waals surface area contributed by atoms with Gasteiger partial charge in [0.15, 0.2) is 0 Å². The number of ether oxygens (including phenoxy) is 1. The molecule has 1 aliphatic rings. The van der Waals surface area contributed by atoms with Crippen molar-refractivity contribution in [2.24, 2.45) is 0 Å². The molecule has 0 unspecified atom stereocenters. The van der Waals surface area contributed by atoms with E-state index in [1.165, 1.54) is 28.6 Å². The molecule has 1 saturated heterocycles. The number of nitrogens with one attached hydrogen (secondary N) is 1. The predicted molar refractivity (Wildman–Crippen MR) is 112 cm³/mol. The topological polar surface area (TPSA) is 75.7 Å². The molecule has 1 N–H and O–H groups in total. The van der Waals surface area contributed by atoms with Crippen LogP contribution in [0.2, 0.25) is 5.02 Å². The molecule has 3 rings (SSSR count). The number of carbonyl (C=O) groups excluding carboxylic acids is 1. The lowest BCUT2D eigenvalue weighted by Gasteiger charge is -2.22. The van der Waals surface area contributed by atoms with E-state index in [0.717, 1.165) is 18.4 Å². The van der Waals surface area contributed by atoms with Crippen LogP contribution in [-0.2, 0) is 26.0 Å². The van der Waals surface area contributed by atoms with Crippen LogP contribution in [-0.4, -0.2) is 51.0 Å². The van der Waals surface area contributed by atoms with Crippen molar-refractivity contribution >= 4 is 27.5 Å². The highest BCUT2D eigenvalue weighted by atomic mass is 35.5. The molecular formula is C21H25ClN2O4S. The molecule has 2 aromatic carbocycles. The summed E-state index contributed by atoms with van der Waals surface area (Å²) in [5.41, 5.74) is 1.00. The van der Waals surface area contributed by atoms with Gasteiger partial charge in [0.25, 0.3) is 0 Å². The number of hydrogen-bond acceptors (Lipinski definition) is 4. The van der Waals surface area contributed by atoms with Crippen molar-refractivity contribution in [3.63, 3.8) is 0 Å². The van der Waals surface area contributed by atoms with Gasteiger partial charge in [-0.2, -0.15) is 4.31 Å². The summed E-state index contributed by atoms with van der Waals surface area (Å²) >= 11 is 5.89. The zero-order valence-electron chi connectivity index (χ0n) is 16.1. The maximum absolute atomic E-state index is 13.1. The maximum atomic E-state index is 13.1. The third-order valence-electron chi connectivity index (χ3n) is 4.81. The van der Waals surface area contributed by atoms with Gasteiger partial charge in [0, 0.05) is 24.7 Å². The van der Waals surface area contributed by atoms with Gasteiger partial charge in [0.1, 0.15) is 0 Å². The Balaban J connectivity index is 1.71. The lowest BCUT2D eigenvalue weighted by molar-refractivity contribution is -0.121. The minimum Gasteiger partial charge on any atom is -0.376 e. The van der Waals surface area contributed by atoms with Crippen LogP contribution >= 0.6 is 11.6 Å². The Bertz CT molecular complexity index is 898. The molecule has 0 bridgehead atoms. The smallest absolute Gasteiger partial charge is 0.243 e. The molecule has 0 saturated carbocycles. The van der Waals surface area contributed by atoms with Crippen LogP contribution in [0.4, 0.5) is 0 Å². The Hall–Kier alpha value is -1.93. The molecule has 1 fully saturated rings. The Morgan fingerprint density at radius 1 is 1.14 bits per heavy atom. The lowest BCUT2D eigenvalue weighted by atomic mass is 10.1. The van der Waals surface area contributed by atoms with E-state index >= 15 is 0 Å². The van der Waals surface area contributed by atoms with Gasteiger partial charge >= 0.3 is 0 Å². The number of nitrogens with zero attached hydrogens (tertiary/aromatic N) is 1. The van der Waals surface area contributed by atoms with Crippen LogP contribution in [0.1, 0.15) is 18.4 Å². The molecule has 2 aromatic rings. The van der Waals surface area contributed by atoms with Crippen molar-refractivity contribution in [1.82, 2.24) is 9.62 Å². The van der Waals surface area contributed by atoms with Gasteiger partial charge in [0.2, 0.25) is 15.9 Å². The fourth-order valence-electron chi connectivity index (χ4n) is 3.19. The maximum Gasteiger partial charge on any atom is 0.243 e. The molecule has 1 heterocycles. The molecule has 1 amide bonds. The summed E-state index contributed by atoms with van der Waals surface area (Å²) in [5.74, 6) is -0.342. The largest absolute Gasteiger partial charge is 0.376 e. The van der Waals surface area contributed by atoms with E-state index in [-0.39, 0.29) is 30.0 Å². The van der Waals surface area contributed by atoms with Gasteiger partial charge in [-0.1, -0.05) is 41.9 Å². The standard InChI is InChI=1S/C21H25ClN2O4S/c22-18-8-10-20(11-9-18)29(26,27)24(13-12-17-5-2-1-3-6-17)16-21(25)23-15-19-7-4-14-28-19/h1-3,5-6,8-11,19H,4,7,12-16H2,(H,23,25)/t19-/m1/s1. The third kappa shape index (κ3) is 6.27. The highest BCUT2D eigenvalue weighted by Crippen LogP contribution is 2.19. The summed E-state index contributed by atoms with van der Waals surface area (Å²) in [4.78, 5) is 12.6. The van der Waals surface area contributed by atoms with Gasteiger partial charge in [-0.15, -0.1) is 0 Å². The summed E-state index contributed by atoms with van der Waals surface area (Å²) in [7, 11) is -3.84. The van der Waals surface area contributed by atoms with Crippen LogP contribution in [0.15, 0.2) is 59.5 Å². The number of amides is 1. The van der Waals surface area contributed by atoms with E-state index in [4.69, 9.17) is 16.3 Å². The first kappa shape index (κ1) is 21.8. The lowest BCUT2D eigenvalue weighted by Crippen LogP contribution is -2.43. The minimum atomic E-state index is -3.84. The molecule has 1 atom stereocenters. The summed E-state index contributed by atoms with van der Waals surface area (Å²) < 4.78 is 33.0.